The van der Waals surface area contributed by atoms with Crippen LogP contribution < -0.4 is 20.7 Å². The molecule has 0 atom stereocenters. The van der Waals surface area contributed by atoms with Gasteiger partial charge in [-0.25, -0.2) is 4.79 Å². The van der Waals surface area contributed by atoms with Crippen LogP contribution in [-0.2, 0) is 4.79 Å². The van der Waals surface area contributed by atoms with E-state index in [2.05, 4.69) is 22.5 Å². The van der Waals surface area contributed by atoms with E-state index in [-0.39, 0.29) is 19.1 Å². The van der Waals surface area contributed by atoms with Gasteiger partial charge in [-0.15, -0.1) is 6.58 Å². The highest BCUT2D eigenvalue weighted by Crippen LogP contribution is 2.11. The van der Waals surface area contributed by atoms with E-state index in [4.69, 9.17) is 4.74 Å². The van der Waals surface area contributed by atoms with Gasteiger partial charge in [0.2, 0.25) is 0 Å². The lowest BCUT2D eigenvalue weighted by Crippen LogP contribution is -2.41. The molecule has 1 aromatic carbocycles. The van der Waals surface area contributed by atoms with Crippen molar-refractivity contribution in [2.75, 3.05) is 20.2 Å². The molecule has 3 N–H and O–H groups in total. The van der Waals surface area contributed by atoms with E-state index >= 15 is 0 Å². The Bertz CT molecular complexity index is 526. The summed E-state index contributed by atoms with van der Waals surface area (Å²) in [5.74, 6) is -0.366. The number of imide groups is 1. The maximum absolute atomic E-state index is 11.4. The lowest BCUT2D eigenvalue weighted by atomic mass is 10.2. The predicted octanol–water partition coefficient (Wildman–Crippen LogP) is 0.437. The molecule has 0 unspecified atom stereocenters. The van der Waals surface area contributed by atoms with E-state index in [1.54, 1.807) is 24.3 Å². The fourth-order valence-electron chi connectivity index (χ4n) is 1.37. The number of benzene rings is 1. The summed E-state index contributed by atoms with van der Waals surface area (Å²) in [6.07, 6.45) is 1.49. The SMILES string of the molecule is C=CCNC(=O)NC(=O)COc1ccc(C(=O)NC)cc1. The zero-order chi connectivity index (χ0) is 15.7. The van der Waals surface area contributed by atoms with Crippen molar-refractivity contribution in [1.29, 1.82) is 0 Å². The van der Waals surface area contributed by atoms with Gasteiger partial charge < -0.3 is 15.4 Å². The number of ether oxygens (including phenoxy) is 1. The highest BCUT2D eigenvalue weighted by Gasteiger charge is 2.08. The largest absolute Gasteiger partial charge is 0.484 e. The van der Waals surface area contributed by atoms with Gasteiger partial charge in [0.15, 0.2) is 6.61 Å². The van der Waals surface area contributed by atoms with Crippen molar-refractivity contribution in [2.45, 2.75) is 0 Å². The first-order valence-electron chi connectivity index (χ1n) is 6.20. The first-order valence-corrected chi connectivity index (χ1v) is 6.20. The van der Waals surface area contributed by atoms with Gasteiger partial charge in [-0.05, 0) is 24.3 Å². The highest BCUT2D eigenvalue weighted by molar-refractivity contribution is 5.95. The monoisotopic (exact) mass is 291 g/mol. The minimum Gasteiger partial charge on any atom is -0.484 e. The fourth-order valence-corrected chi connectivity index (χ4v) is 1.37. The summed E-state index contributed by atoms with van der Waals surface area (Å²) in [6, 6.07) is 5.66. The highest BCUT2D eigenvalue weighted by atomic mass is 16.5. The van der Waals surface area contributed by atoms with Crippen LogP contribution in [0.4, 0.5) is 4.79 Å². The predicted molar refractivity (Wildman–Crippen MR) is 77.1 cm³/mol. The molecule has 0 radical (unpaired) electrons. The summed E-state index contributed by atoms with van der Waals surface area (Å²) in [6.45, 7) is 3.39. The van der Waals surface area contributed by atoms with Crippen LogP contribution in [-0.4, -0.2) is 38.0 Å². The number of urea groups is 1. The molecule has 0 fully saturated rings. The molecule has 0 heterocycles. The summed E-state index contributed by atoms with van der Waals surface area (Å²) in [5, 5.41) is 6.99. The van der Waals surface area contributed by atoms with Crippen LogP contribution in [0.2, 0.25) is 0 Å². The van der Waals surface area contributed by atoms with Gasteiger partial charge in [-0.3, -0.25) is 14.9 Å². The zero-order valence-electron chi connectivity index (χ0n) is 11.6. The topological polar surface area (TPSA) is 96.5 Å². The number of hydrogen-bond donors (Lipinski definition) is 3. The van der Waals surface area contributed by atoms with Gasteiger partial charge >= 0.3 is 6.03 Å². The standard InChI is InChI=1S/C14H17N3O4/c1-3-8-16-14(20)17-12(18)9-21-11-6-4-10(5-7-11)13(19)15-2/h3-7H,1,8-9H2,2H3,(H,15,19)(H2,16,17,18,20). The summed E-state index contributed by atoms with van der Waals surface area (Å²) in [4.78, 5) is 33.9. The molecule has 0 saturated carbocycles. The lowest BCUT2D eigenvalue weighted by Gasteiger charge is -2.07. The zero-order valence-corrected chi connectivity index (χ0v) is 11.6. The van der Waals surface area contributed by atoms with E-state index < -0.39 is 11.9 Å². The van der Waals surface area contributed by atoms with Crippen LogP contribution in [0.5, 0.6) is 5.75 Å². The van der Waals surface area contributed by atoms with Crippen molar-refractivity contribution in [2.24, 2.45) is 0 Å². The van der Waals surface area contributed by atoms with Crippen LogP contribution >= 0.6 is 0 Å². The molecule has 0 aliphatic rings. The summed E-state index contributed by atoms with van der Waals surface area (Å²) in [5.41, 5.74) is 0.484. The van der Waals surface area contributed by atoms with E-state index in [9.17, 15) is 14.4 Å². The second kappa shape index (κ2) is 8.36. The molecule has 7 heteroatoms. The Balaban J connectivity index is 2.41. The van der Waals surface area contributed by atoms with Crippen molar-refractivity contribution < 1.29 is 19.1 Å². The van der Waals surface area contributed by atoms with E-state index in [1.165, 1.54) is 13.1 Å². The van der Waals surface area contributed by atoms with Crippen LogP contribution in [0.1, 0.15) is 10.4 Å². The number of carbonyl (C=O) groups excluding carboxylic acids is 3. The Kier molecular flexibility index (Phi) is 6.46. The number of hydrogen-bond acceptors (Lipinski definition) is 4. The van der Waals surface area contributed by atoms with Crippen LogP contribution in [0.25, 0.3) is 0 Å². The van der Waals surface area contributed by atoms with Gasteiger partial charge in [0.05, 0.1) is 0 Å². The molecule has 0 spiro atoms. The maximum Gasteiger partial charge on any atom is 0.321 e. The molecule has 0 saturated heterocycles. The Labute approximate surface area is 122 Å². The minimum atomic E-state index is -0.613. The van der Waals surface area contributed by atoms with Crippen LogP contribution in [0, 0.1) is 0 Å². The fraction of sp³-hybridized carbons (Fsp3) is 0.214. The number of rotatable bonds is 6. The third kappa shape index (κ3) is 5.77. The molecule has 21 heavy (non-hydrogen) atoms. The summed E-state index contributed by atoms with van der Waals surface area (Å²) >= 11 is 0. The van der Waals surface area contributed by atoms with Crippen molar-refractivity contribution in [3.8, 4) is 5.75 Å². The summed E-state index contributed by atoms with van der Waals surface area (Å²) < 4.78 is 5.20. The molecule has 0 aliphatic carbocycles. The molecular weight excluding hydrogens is 274 g/mol. The Morgan fingerprint density at radius 2 is 1.90 bits per heavy atom. The third-order valence-electron chi connectivity index (χ3n) is 2.37. The second-order valence-electron chi connectivity index (χ2n) is 3.94. The Morgan fingerprint density at radius 1 is 1.24 bits per heavy atom. The third-order valence-corrected chi connectivity index (χ3v) is 2.37. The molecule has 7 nitrogen and oxygen atoms in total. The second-order valence-corrected chi connectivity index (χ2v) is 3.94. The average Bonchev–Trinajstić information content (AvgIpc) is 2.50. The lowest BCUT2D eigenvalue weighted by molar-refractivity contribution is -0.122. The van der Waals surface area contributed by atoms with Gasteiger partial charge in [0, 0.05) is 19.2 Å². The quantitative estimate of drug-likeness (QED) is 0.662. The Morgan fingerprint density at radius 3 is 2.48 bits per heavy atom. The molecule has 4 amide bonds. The van der Waals surface area contributed by atoms with Crippen LogP contribution in [0.3, 0.4) is 0 Å². The normalized spacial score (nSPS) is 9.38. The van der Waals surface area contributed by atoms with Gasteiger partial charge in [-0.2, -0.15) is 0 Å². The van der Waals surface area contributed by atoms with Gasteiger partial charge in [-0.1, -0.05) is 6.08 Å². The van der Waals surface area contributed by atoms with Crippen LogP contribution in [0.15, 0.2) is 36.9 Å². The molecular formula is C14H17N3O4. The number of nitrogens with one attached hydrogen (secondary N) is 3. The molecule has 1 aromatic rings. The van der Waals surface area contributed by atoms with E-state index in [0.29, 0.717) is 11.3 Å². The summed E-state index contributed by atoms with van der Waals surface area (Å²) in [7, 11) is 1.54. The molecule has 1 rings (SSSR count). The average molecular weight is 291 g/mol. The molecule has 0 aromatic heterocycles. The van der Waals surface area contributed by atoms with Crippen molar-refractivity contribution in [3.63, 3.8) is 0 Å². The first-order chi connectivity index (χ1) is 10.1. The van der Waals surface area contributed by atoms with E-state index in [1.807, 2.05) is 0 Å². The van der Waals surface area contributed by atoms with Crippen molar-refractivity contribution in [3.05, 3.63) is 42.5 Å². The first kappa shape index (κ1) is 16.2. The van der Waals surface area contributed by atoms with Gasteiger partial charge in [0.25, 0.3) is 11.8 Å². The smallest absolute Gasteiger partial charge is 0.321 e. The Hall–Kier alpha value is -2.83. The maximum atomic E-state index is 11.4. The van der Waals surface area contributed by atoms with E-state index in [0.717, 1.165) is 0 Å². The number of amides is 4. The minimum absolute atomic E-state index is 0.210. The molecule has 0 aliphatic heterocycles. The van der Waals surface area contributed by atoms with Crippen molar-refractivity contribution in [1.82, 2.24) is 16.0 Å². The molecule has 0 bridgehead atoms. The molecule has 112 valence electrons. The van der Waals surface area contributed by atoms with Crippen molar-refractivity contribution >= 4 is 17.8 Å². The number of carbonyl (C=O) groups is 3. The van der Waals surface area contributed by atoms with Gasteiger partial charge in [0.1, 0.15) is 5.75 Å².